The van der Waals surface area contributed by atoms with Gasteiger partial charge in [0.1, 0.15) is 72.5 Å². The second-order valence-corrected chi connectivity index (χ2v) is 30.5. The number of aliphatic hydroxyl groups excluding tert-OH is 2. The minimum absolute atomic E-state index is 0.0127. The van der Waals surface area contributed by atoms with E-state index in [-0.39, 0.29) is 133 Å². The Hall–Kier alpha value is -9.75. The van der Waals surface area contributed by atoms with Crippen molar-refractivity contribution in [3.05, 3.63) is 35.9 Å². The van der Waals surface area contributed by atoms with Crippen molar-refractivity contribution in [1.29, 1.82) is 0 Å². The maximum atomic E-state index is 14.8. The van der Waals surface area contributed by atoms with Crippen LogP contribution in [0.4, 0.5) is 0 Å². The third-order valence-electron chi connectivity index (χ3n) is 19.2. The van der Waals surface area contributed by atoms with Crippen LogP contribution >= 0.6 is 11.8 Å². The van der Waals surface area contributed by atoms with Gasteiger partial charge < -0.3 is 137 Å². The molecule has 0 aliphatic heterocycles. The van der Waals surface area contributed by atoms with Crippen molar-refractivity contribution in [3.63, 3.8) is 0 Å². The molecule has 1 aromatic carbocycles. The van der Waals surface area contributed by atoms with Crippen molar-refractivity contribution in [2.45, 2.75) is 262 Å². The molecule has 0 saturated heterocycles. The molecule has 0 fully saturated rings. The topological polar surface area (TPSA) is 730 Å². The number of guanidine groups is 3. The molecule has 0 saturated carbocycles. The summed E-state index contributed by atoms with van der Waals surface area (Å²) in [6, 6.07) is -9.75. The first kappa shape index (κ1) is 105. The predicted octanol–water partition coefficient (Wildman–Crippen LogP) is -6.33. The minimum atomic E-state index is -1.85. The number of benzene rings is 1. The highest BCUT2D eigenvalue weighted by Gasteiger charge is 2.39. The second kappa shape index (κ2) is 59.0. The van der Waals surface area contributed by atoms with Gasteiger partial charge in [0.05, 0.1) is 18.8 Å². The zero-order valence-electron chi connectivity index (χ0n) is 69.3. The van der Waals surface area contributed by atoms with E-state index in [1.807, 2.05) is 0 Å². The van der Waals surface area contributed by atoms with Crippen LogP contribution in [0.1, 0.15) is 176 Å². The first-order valence-corrected chi connectivity index (χ1v) is 41.6. The Labute approximate surface area is 690 Å². The fourth-order valence-electron chi connectivity index (χ4n) is 12.0. The van der Waals surface area contributed by atoms with E-state index in [0.29, 0.717) is 69.9 Å². The molecule has 13 amide bonds. The van der Waals surface area contributed by atoms with Gasteiger partial charge in [-0.2, -0.15) is 11.8 Å². The lowest BCUT2D eigenvalue weighted by Gasteiger charge is -2.30. The summed E-state index contributed by atoms with van der Waals surface area (Å²) < 4.78 is 0. The summed E-state index contributed by atoms with van der Waals surface area (Å²) >= 11 is 1.32. The standard InChI is InChI=1S/C75H138N26O15S/c1-9-43(5)57(99-61(105)47(79)25-14-17-32-76)71(115)98-56(41-102)69(113)94-49(26-15-18-33-77)63(107)91-50(27-16-19-34-78)65(109)100-58(44(6)10-2)70(114)95-53(31-38-117-8)64(108)92-52(30-22-37-89-75(85)86)66(110)101-59(45(7)103)72(116)97-55(40-46-23-12-11-13-24-46)68(112)96-54(39-42(3)4)67(111)93-51(29-21-36-88-74(83)84)62(106)90-48(60(80)104)28-20-35-87-73(81)82/h11-13,23-24,42-45,47-59,102-103H,9-10,14-22,25-41,76-79H2,1-8H3,(H2,80,104)(H,90,106)(H,91,107)(H,92,108)(H,93,111)(H,94,113)(H,95,114)(H,96,112)(H,97,116)(H,98,115)(H,99,105)(H,100,109)(H,101,110)(H4,81,82,87)(H4,83,84,88)(H4,85,86,89)/t43-,44-,45+,47-,48-,49-,50-,51-,52-,53-,54-,55-,56-,57-,58-,59-/m0/s1. The normalized spacial score (nSPS) is 15.3. The fourth-order valence-corrected chi connectivity index (χ4v) is 12.4. The van der Waals surface area contributed by atoms with E-state index in [9.17, 15) is 72.5 Å². The molecule has 0 unspecified atom stereocenters. The Morgan fingerprint density at radius 1 is 0.385 bits per heavy atom. The molecule has 0 aromatic heterocycles. The molecule has 0 aliphatic carbocycles. The van der Waals surface area contributed by atoms with Crippen LogP contribution < -0.4 is 127 Å². The number of primary amides is 1. The lowest BCUT2D eigenvalue weighted by atomic mass is 9.96. The highest BCUT2D eigenvalue weighted by atomic mass is 32.2. The third kappa shape index (κ3) is 42.8. The summed E-state index contributed by atoms with van der Waals surface area (Å²) in [6.07, 6.45) is 3.56. The van der Waals surface area contributed by atoms with Crippen molar-refractivity contribution >= 4 is 106 Å². The zero-order chi connectivity index (χ0) is 88.3. The van der Waals surface area contributed by atoms with Crippen LogP contribution in [0.2, 0.25) is 0 Å². The molecule has 42 heteroatoms. The Morgan fingerprint density at radius 3 is 1.09 bits per heavy atom. The number of carbonyl (C=O) groups is 13. The summed E-state index contributed by atoms with van der Waals surface area (Å²) in [5, 5.41) is 53.6. The average molecular weight is 1680 g/mol. The Balaban J connectivity index is 3.80. The van der Waals surface area contributed by atoms with Crippen LogP contribution in [0.25, 0.3) is 0 Å². The third-order valence-corrected chi connectivity index (χ3v) is 19.8. The number of thioether (sulfide) groups is 1. The summed E-state index contributed by atoms with van der Waals surface area (Å²) in [4.78, 5) is 197. The number of nitrogens with two attached hydrogens (primary N) is 11. The van der Waals surface area contributed by atoms with E-state index in [2.05, 4.69) is 78.8 Å². The van der Waals surface area contributed by atoms with Crippen molar-refractivity contribution in [2.24, 2.45) is 95.8 Å². The summed E-state index contributed by atoms with van der Waals surface area (Å²) in [6.45, 7) is 11.6. The van der Waals surface area contributed by atoms with E-state index >= 15 is 0 Å². The van der Waals surface area contributed by atoms with Gasteiger partial charge in [0.15, 0.2) is 17.9 Å². The van der Waals surface area contributed by atoms with Gasteiger partial charge >= 0.3 is 0 Å². The molecule has 0 heterocycles. The van der Waals surface area contributed by atoms with Crippen LogP contribution in [0.15, 0.2) is 45.3 Å². The Kier molecular flexibility index (Phi) is 53.1. The van der Waals surface area contributed by atoms with E-state index in [4.69, 9.17) is 63.1 Å². The number of rotatable bonds is 62. The molecule has 0 spiro atoms. The number of nitrogens with one attached hydrogen (secondary N) is 12. The number of carbonyl (C=O) groups excluding carboxylic acids is 13. The van der Waals surface area contributed by atoms with Gasteiger partial charge in [-0.05, 0) is 165 Å². The SMILES string of the molecule is CC[C@H](C)[C@H](NC(=O)[C@H](CCCCN)NC(=O)[C@H](CCCCN)NC(=O)[C@H](CO)NC(=O)[C@@H](NC(=O)[C@@H](N)CCCCN)[C@@H](C)CC)C(=O)N[C@@H](CCSC)C(=O)N[C@@H](CCCN=C(N)N)C(=O)N[C@H](C(=O)N[C@@H](Cc1ccccc1)C(=O)N[C@@H](CC(C)C)C(=O)N[C@@H](CCCN=C(N)N)C(=O)N[C@@H](CCCN=C(N)N)C(N)=O)[C@@H](C)O. The van der Waals surface area contributed by atoms with Gasteiger partial charge in [0.2, 0.25) is 76.8 Å². The number of unbranched alkanes of at least 4 members (excludes halogenated alkanes) is 3. The molecule has 1 rings (SSSR count). The van der Waals surface area contributed by atoms with Crippen LogP contribution in [-0.2, 0) is 68.7 Å². The molecular formula is C75H138N26O15S. The molecule has 0 bridgehead atoms. The van der Waals surface area contributed by atoms with Gasteiger partial charge in [0, 0.05) is 26.1 Å². The average Bonchev–Trinajstić information content (AvgIpc) is 0.868. The van der Waals surface area contributed by atoms with E-state index in [1.54, 1.807) is 78.1 Å². The van der Waals surface area contributed by atoms with E-state index in [1.165, 1.54) is 18.7 Å². The fraction of sp³-hybridized carbons (Fsp3) is 0.707. The number of aliphatic hydroxyl groups is 2. The number of nitrogens with zero attached hydrogens (tertiary/aromatic N) is 3. The summed E-state index contributed by atoms with van der Waals surface area (Å²) in [7, 11) is 0. The molecule has 41 nitrogen and oxygen atoms in total. The minimum Gasteiger partial charge on any atom is -0.394 e. The maximum Gasteiger partial charge on any atom is 0.245 e. The van der Waals surface area contributed by atoms with Crippen molar-refractivity contribution in [1.82, 2.24) is 63.8 Å². The molecule has 0 aliphatic rings. The maximum absolute atomic E-state index is 14.8. The van der Waals surface area contributed by atoms with Gasteiger partial charge in [-0.3, -0.25) is 77.3 Å². The number of amides is 13. The van der Waals surface area contributed by atoms with Crippen molar-refractivity contribution in [3.8, 4) is 0 Å². The molecule has 16 atom stereocenters. The first-order chi connectivity index (χ1) is 55.4. The van der Waals surface area contributed by atoms with Gasteiger partial charge in [-0.1, -0.05) is 91.1 Å². The second-order valence-electron chi connectivity index (χ2n) is 29.5. The van der Waals surface area contributed by atoms with Crippen molar-refractivity contribution in [2.75, 3.05) is 57.9 Å². The quantitative estimate of drug-likeness (QED) is 0.0164. The number of aliphatic imine (C=N–C) groups is 3. The molecule has 0 radical (unpaired) electrons. The van der Waals surface area contributed by atoms with E-state index < -0.39 is 180 Å². The highest BCUT2D eigenvalue weighted by molar-refractivity contribution is 7.98. The van der Waals surface area contributed by atoms with Crippen LogP contribution in [0, 0.1) is 17.8 Å². The molecule has 117 heavy (non-hydrogen) atoms. The van der Waals surface area contributed by atoms with Gasteiger partial charge in [0.25, 0.3) is 0 Å². The molecular weight excluding hydrogens is 1540 g/mol. The zero-order valence-corrected chi connectivity index (χ0v) is 70.1. The lowest BCUT2D eigenvalue weighted by molar-refractivity contribution is -0.137. The lowest BCUT2D eigenvalue weighted by Crippen LogP contribution is -2.62. The first-order valence-electron chi connectivity index (χ1n) is 40.2. The van der Waals surface area contributed by atoms with Crippen LogP contribution in [0.3, 0.4) is 0 Å². The summed E-state index contributed by atoms with van der Waals surface area (Å²) in [5.74, 6) is -13.1. The molecule has 36 N–H and O–H groups in total. The van der Waals surface area contributed by atoms with Gasteiger partial charge in [-0.25, -0.2) is 0 Å². The van der Waals surface area contributed by atoms with E-state index in [0.717, 1.165) is 0 Å². The summed E-state index contributed by atoms with van der Waals surface area (Å²) in [5.41, 5.74) is 62.8. The Bertz CT molecular complexity index is 3330. The van der Waals surface area contributed by atoms with Gasteiger partial charge in [-0.15, -0.1) is 0 Å². The highest BCUT2D eigenvalue weighted by Crippen LogP contribution is 2.17. The largest absolute Gasteiger partial charge is 0.394 e. The number of hydrogen-bond donors (Lipinski definition) is 25. The Morgan fingerprint density at radius 2 is 0.701 bits per heavy atom. The smallest absolute Gasteiger partial charge is 0.245 e. The van der Waals surface area contributed by atoms with Crippen molar-refractivity contribution < 1.29 is 72.5 Å². The monoisotopic (exact) mass is 1680 g/mol. The predicted molar refractivity (Wildman–Crippen MR) is 449 cm³/mol. The van der Waals surface area contributed by atoms with Crippen LogP contribution in [-0.4, -0.2) is 247 Å². The molecule has 664 valence electrons. The van der Waals surface area contributed by atoms with Crippen LogP contribution in [0.5, 0.6) is 0 Å². The molecule has 1 aromatic rings. The number of hydrogen-bond acceptors (Lipinski definition) is 23.